The summed E-state index contributed by atoms with van der Waals surface area (Å²) in [4.78, 5) is 0. The van der Waals surface area contributed by atoms with E-state index in [0.29, 0.717) is 12.7 Å². The fourth-order valence-electron chi connectivity index (χ4n) is 1.41. The molecule has 15 heavy (non-hydrogen) atoms. The van der Waals surface area contributed by atoms with Gasteiger partial charge in [0.05, 0.1) is 12.7 Å². The van der Waals surface area contributed by atoms with Gasteiger partial charge >= 0.3 is 0 Å². The molecular weight excluding hydrogens is 186 g/mol. The average molecular weight is 207 g/mol. The maximum absolute atomic E-state index is 5.74. The van der Waals surface area contributed by atoms with Crippen molar-refractivity contribution in [3.63, 3.8) is 0 Å². The third-order valence-corrected chi connectivity index (χ3v) is 2.58. The van der Waals surface area contributed by atoms with Crippen LogP contribution in [0.15, 0.2) is 24.3 Å². The van der Waals surface area contributed by atoms with E-state index < -0.39 is 0 Å². The van der Waals surface area contributed by atoms with E-state index >= 15 is 0 Å². The lowest BCUT2D eigenvalue weighted by Crippen LogP contribution is -2.11. The highest BCUT2D eigenvalue weighted by Gasteiger charge is 2.03. The molecule has 0 unspecified atom stereocenters. The molecule has 0 saturated heterocycles. The number of ether oxygens (including phenoxy) is 1. The van der Waals surface area contributed by atoms with E-state index in [1.807, 2.05) is 7.05 Å². The summed E-state index contributed by atoms with van der Waals surface area (Å²) in [5, 5.41) is 3.17. The van der Waals surface area contributed by atoms with Crippen LogP contribution in [0.4, 0.5) is 0 Å². The molecule has 0 fully saturated rings. The van der Waals surface area contributed by atoms with Crippen molar-refractivity contribution >= 4 is 0 Å². The molecule has 0 amide bonds. The molecule has 0 aliphatic rings. The predicted molar refractivity (Wildman–Crippen MR) is 63.7 cm³/mol. The van der Waals surface area contributed by atoms with E-state index in [2.05, 4.69) is 43.4 Å². The van der Waals surface area contributed by atoms with E-state index in [1.54, 1.807) is 0 Å². The van der Waals surface area contributed by atoms with Crippen molar-refractivity contribution in [2.24, 2.45) is 0 Å². The van der Waals surface area contributed by atoms with E-state index in [9.17, 15) is 0 Å². The van der Waals surface area contributed by atoms with E-state index in [0.717, 1.165) is 13.0 Å². The zero-order valence-corrected chi connectivity index (χ0v) is 9.92. The molecule has 0 aromatic heterocycles. The standard InChI is InChI=1S/C13H21NO/c1-4-11(2)15-10-13-8-6-5-7-12(13)9-14-3/h5-8,11,14H,4,9-10H2,1-3H3/t11-/m1/s1. The molecule has 1 atom stereocenters. The molecule has 0 bridgehead atoms. The first-order valence-corrected chi connectivity index (χ1v) is 5.61. The van der Waals surface area contributed by atoms with Gasteiger partial charge in [0.1, 0.15) is 0 Å². The van der Waals surface area contributed by atoms with Gasteiger partial charge in [-0.25, -0.2) is 0 Å². The smallest absolute Gasteiger partial charge is 0.0723 e. The minimum atomic E-state index is 0.340. The van der Waals surface area contributed by atoms with Crippen LogP contribution in [0.25, 0.3) is 0 Å². The van der Waals surface area contributed by atoms with Crippen molar-refractivity contribution in [1.82, 2.24) is 5.32 Å². The Morgan fingerprint density at radius 3 is 2.53 bits per heavy atom. The number of hydrogen-bond acceptors (Lipinski definition) is 2. The van der Waals surface area contributed by atoms with Crippen LogP contribution in [0.1, 0.15) is 31.4 Å². The van der Waals surface area contributed by atoms with Gasteiger partial charge in [0.15, 0.2) is 0 Å². The van der Waals surface area contributed by atoms with Crippen LogP contribution in [-0.2, 0) is 17.9 Å². The van der Waals surface area contributed by atoms with Crippen molar-refractivity contribution in [2.75, 3.05) is 7.05 Å². The van der Waals surface area contributed by atoms with Gasteiger partial charge < -0.3 is 10.1 Å². The quantitative estimate of drug-likeness (QED) is 0.774. The Morgan fingerprint density at radius 2 is 1.93 bits per heavy atom. The van der Waals surface area contributed by atoms with Crippen molar-refractivity contribution in [1.29, 1.82) is 0 Å². The Balaban J connectivity index is 2.58. The van der Waals surface area contributed by atoms with Gasteiger partial charge in [-0.15, -0.1) is 0 Å². The van der Waals surface area contributed by atoms with Crippen LogP contribution >= 0.6 is 0 Å². The minimum absolute atomic E-state index is 0.340. The van der Waals surface area contributed by atoms with Crippen LogP contribution in [0.5, 0.6) is 0 Å². The number of hydrogen-bond donors (Lipinski definition) is 1. The fraction of sp³-hybridized carbons (Fsp3) is 0.538. The van der Waals surface area contributed by atoms with E-state index in [4.69, 9.17) is 4.74 Å². The summed E-state index contributed by atoms with van der Waals surface area (Å²) in [6, 6.07) is 8.41. The van der Waals surface area contributed by atoms with Crippen molar-refractivity contribution in [2.45, 2.75) is 39.5 Å². The lowest BCUT2D eigenvalue weighted by Gasteiger charge is -2.13. The molecule has 2 heteroatoms. The summed E-state index contributed by atoms with van der Waals surface area (Å²) < 4.78 is 5.74. The summed E-state index contributed by atoms with van der Waals surface area (Å²) >= 11 is 0. The van der Waals surface area contributed by atoms with Crippen molar-refractivity contribution in [3.05, 3.63) is 35.4 Å². The highest BCUT2D eigenvalue weighted by atomic mass is 16.5. The average Bonchev–Trinajstić information content (AvgIpc) is 2.28. The van der Waals surface area contributed by atoms with Crippen molar-refractivity contribution < 1.29 is 4.74 Å². The zero-order valence-electron chi connectivity index (χ0n) is 9.92. The molecule has 0 radical (unpaired) electrons. The van der Waals surface area contributed by atoms with Crippen LogP contribution < -0.4 is 5.32 Å². The fourth-order valence-corrected chi connectivity index (χ4v) is 1.41. The lowest BCUT2D eigenvalue weighted by atomic mass is 10.1. The summed E-state index contributed by atoms with van der Waals surface area (Å²) in [6.07, 6.45) is 1.40. The molecule has 0 heterocycles. The molecule has 2 nitrogen and oxygen atoms in total. The second kappa shape index (κ2) is 6.59. The zero-order chi connectivity index (χ0) is 11.1. The molecule has 0 aliphatic carbocycles. The van der Waals surface area contributed by atoms with Crippen LogP contribution in [0, 0.1) is 0 Å². The maximum atomic E-state index is 5.74. The van der Waals surface area contributed by atoms with Gasteiger partial charge in [-0.1, -0.05) is 31.2 Å². The van der Waals surface area contributed by atoms with E-state index in [-0.39, 0.29) is 0 Å². The molecule has 1 N–H and O–H groups in total. The van der Waals surface area contributed by atoms with Gasteiger partial charge in [-0.05, 0) is 31.5 Å². The summed E-state index contributed by atoms with van der Waals surface area (Å²) in [7, 11) is 1.96. The Labute approximate surface area is 92.6 Å². The normalized spacial score (nSPS) is 12.7. The highest BCUT2D eigenvalue weighted by molar-refractivity contribution is 5.26. The van der Waals surface area contributed by atoms with Gasteiger partial charge in [0.2, 0.25) is 0 Å². The number of rotatable bonds is 6. The Bertz CT molecular complexity index is 286. The maximum Gasteiger partial charge on any atom is 0.0723 e. The highest BCUT2D eigenvalue weighted by Crippen LogP contribution is 2.11. The SMILES string of the molecule is CC[C@@H](C)OCc1ccccc1CNC. The predicted octanol–water partition coefficient (Wildman–Crippen LogP) is 2.72. The first-order chi connectivity index (χ1) is 7.27. The van der Waals surface area contributed by atoms with Gasteiger partial charge in [-0.3, -0.25) is 0 Å². The molecule has 0 aliphatic heterocycles. The summed E-state index contributed by atoms with van der Waals surface area (Å²) in [5.41, 5.74) is 2.61. The van der Waals surface area contributed by atoms with Gasteiger partial charge in [0, 0.05) is 6.54 Å². The van der Waals surface area contributed by atoms with Crippen LogP contribution in [-0.4, -0.2) is 13.2 Å². The molecule has 84 valence electrons. The second-order valence-corrected chi connectivity index (χ2v) is 3.83. The van der Waals surface area contributed by atoms with E-state index in [1.165, 1.54) is 11.1 Å². The molecule has 1 aromatic rings. The minimum Gasteiger partial charge on any atom is -0.374 e. The molecule has 0 spiro atoms. The summed E-state index contributed by atoms with van der Waals surface area (Å²) in [6.45, 7) is 5.87. The monoisotopic (exact) mass is 207 g/mol. The lowest BCUT2D eigenvalue weighted by molar-refractivity contribution is 0.0504. The molecule has 0 saturated carbocycles. The largest absolute Gasteiger partial charge is 0.374 e. The number of nitrogens with one attached hydrogen (secondary N) is 1. The third kappa shape index (κ3) is 4.02. The van der Waals surface area contributed by atoms with Crippen LogP contribution in [0.3, 0.4) is 0 Å². The number of benzene rings is 1. The Kier molecular flexibility index (Phi) is 5.37. The second-order valence-electron chi connectivity index (χ2n) is 3.83. The summed E-state index contributed by atoms with van der Waals surface area (Å²) in [5.74, 6) is 0. The Morgan fingerprint density at radius 1 is 1.27 bits per heavy atom. The molecular formula is C13H21NO. The van der Waals surface area contributed by atoms with Crippen LogP contribution in [0.2, 0.25) is 0 Å². The molecule has 1 rings (SSSR count). The molecule has 1 aromatic carbocycles. The first kappa shape index (κ1) is 12.2. The van der Waals surface area contributed by atoms with Crippen molar-refractivity contribution in [3.8, 4) is 0 Å². The first-order valence-electron chi connectivity index (χ1n) is 5.61. The third-order valence-electron chi connectivity index (χ3n) is 2.58. The Hall–Kier alpha value is -0.860. The van der Waals surface area contributed by atoms with Gasteiger partial charge in [0.25, 0.3) is 0 Å². The van der Waals surface area contributed by atoms with Gasteiger partial charge in [-0.2, -0.15) is 0 Å². The topological polar surface area (TPSA) is 21.3 Å².